The highest BCUT2D eigenvalue weighted by molar-refractivity contribution is 5.53. The Balaban J connectivity index is 2.25. The molecular formula is C14H24N2O2. The van der Waals surface area contributed by atoms with E-state index in [-0.39, 0.29) is 0 Å². The smallest absolute Gasteiger partial charge is 0.0892 e. The molecule has 0 aliphatic carbocycles. The summed E-state index contributed by atoms with van der Waals surface area (Å²) >= 11 is 0. The summed E-state index contributed by atoms with van der Waals surface area (Å²) in [6.45, 7) is 8.63. The van der Waals surface area contributed by atoms with Gasteiger partial charge in [-0.05, 0) is 31.4 Å². The molecule has 0 spiro atoms. The average molecular weight is 252 g/mol. The van der Waals surface area contributed by atoms with Gasteiger partial charge < -0.3 is 15.2 Å². The Labute approximate surface area is 110 Å². The summed E-state index contributed by atoms with van der Waals surface area (Å²) in [5, 5.41) is 0. The minimum Gasteiger partial charge on any atom is -0.398 e. The van der Waals surface area contributed by atoms with E-state index in [4.69, 9.17) is 15.2 Å². The molecule has 0 aromatic carbocycles. The number of aromatic nitrogens is 1. The van der Waals surface area contributed by atoms with E-state index in [9.17, 15) is 0 Å². The lowest BCUT2D eigenvalue weighted by molar-refractivity contribution is 0.0384. The van der Waals surface area contributed by atoms with Crippen LogP contribution in [0, 0.1) is 13.8 Å². The van der Waals surface area contributed by atoms with Crippen LogP contribution in [-0.2, 0) is 16.1 Å². The van der Waals surface area contributed by atoms with Crippen LogP contribution in [0.25, 0.3) is 0 Å². The number of pyridine rings is 1. The average Bonchev–Trinajstić information content (AvgIpc) is 2.37. The topological polar surface area (TPSA) is 57.4 Å². The fraction of sp³-hybridized carbons (Fsp3) is 0.643. The zero-order valence-electron chi connectivity index (χ0n) is 11.7. The molecule has 0 unspecified atom stereocenters. The van der Waals surface area contributed by atoms with Gasteiger partial charge in [-0.15, -0.1) is 0 Å². The van der Waals surface area contributed by atoms with Crippen molar-refractivity contribution in [1.82, 2.24) is 4.98 Å². The summed E-state index contributed by atoms with van der Waals surface area (Å²) in [4.78, 5) is 4.34. The van der Waals surface area contributed by atoms with Crippen LogP contribution in [0.4, 0.5) is 5.69 Å². The molecule has 0 aliphatic heterocycles. The highest BCUT2D eigenvalue weighted by Crippen LogP contribution is 2.18. The molecule has 18 heavy (non-hydrogen) atoms. The summed E-state index contributed by atoms with van der Waals surface area (Å²) in [5.74, 6) is 0. The number of nitrogen functional groups attached to an aromatic ring is 1. The Hall–Kier alpha value is -1.13. The van der Waals surface area contributed by atoms with Crippen molar-refractivity contribution in [2.24, 2.45) is 0 Å². The van der Waals surface area contributed by atoms with Crippen molar-refractivity contribution in [3.8, 4) is 0 Å². The molecule has 0 aliphatic rings. The van der Waals surface area contributed by atoms with Gasteiger partial charge in [0.2, 0.25) is 0 Å². The molecule has 4 nitrogen and oxygen atoms in total. The fourth-order valence-corrected chi connectivity index (χ4v) is 1.57. The number of nitrogens with two attached hydrogens (primary N) is 1. The van der Waals surface area contributed by atoms with Gasteiger partial charge in [0, 0.05) is 18.5 Å². The lowest BCUT2D eigenvalue weighted by Crippen LogP contribution is -2.08. The summed E-state index contributed by atoms with van der Waals surface area (Å²) < 4.78 is 10.9. The lowest BCUT2D eigenvalue weighted by Gasteiger charge is -2.10. The van der Waals surface area contributed by atoms with Gasteiger partial charge in [-0.1, -0.05) is 13.3 Å². The predicted molar refractivity (Wildman–Crippen MR) is 73.5 cm³/mol. The SMILES string of the molecule is CCCCOCCOCc1ncc(C)c(N)c1C. The number of ether oxygens (including phenoxy) is 2. The second-order valence-corrected chi connectivity index (χ2v) is 4.45. The van der Waals surface area contributed by atoms with Gasteiger partial charge in [0.1, 0.15) is 0 Å². The first-order valence-electron chi connectivity index (χ1n) is 6.52. The maximum absolute atomic E-state index is 5.95. The second kappa shape index (κ2) is 8.06. The van der Waals surface area contributed by atoms with Gasteiger partial charge in [-0.2, -0.15) is 0 Å². The lowest BCUT2D eigenvalue weighted by atomic mass is 10.1. The zero-order valence-corrected chi connectivity index (χ0v) is 11.7. The van der Waals surface area contributed by atoms with Crippen LogP contribution in [0.15, 0.2) is 6.20 Å². The highest BCUT2D eigenvalue weighted by Gasteiger charge is 2.05. The molecule has 102 valence electrons. The molecule has 0 atom stereocenters. The fourth-order valence-electron chi connectivity index (χ4n) is 1.57. The number of aryl methyl sites for hydroxylation is 1. The molecule has 1 aromatic rings. The van der Waals surface area contributed by atoms with Crippen LogP contribution >= 0.6 is 0 Å². The maximum atomic E-state index is 5.95. The highest BCUT2D eigenvalue weighted by atomic mass is 16.5. The summed E-state index contributed by atoms with van der Waals surface area (Å²) in [6.07, 6.45) is 4.06. The zero-order chi connectivity index (χ0) is 13.4. The first-order chi connectivity index (χ1) is 8.66. The van der Waals surface area contributed by atoms with E-state index in [0.29, 0.717) is 19.8 Å². The van der Waals surface area contributed by atoms with Gasteiger partial charge in [-0.25, -0.2) is 0 Å². The Morgan fingerprint density at radius 1 is 1.17 bits per heavy atom. The summed E-state index contributed by atoms with van der Waals surface area (Å²) in [5.41, 5.74) is 9.69. The van der Waals surface area contributed by atoms with Crippen molar-refractivity contribution in [3.63, 3.8) is 0 Å². The van der Waals surface area contributed by atoms with Crippen molar-refractivity contribution in [2.75, 3.05) is 25.6 Å². The van der Waals surface area contributed by atoms with Gasteiger partial charge in [0.05, 0.1) is 25.5 Å². The molecule has 1 rings (SSSR count). The van der Waals surface area contributed by atoms with Crippen molar-refractivity contribution >= 4 is 5.69 Å². The number of nitrogens with zero attached hydrogens (tertiary/aromatic N) is 1. The molecule has 2 N–H and O–H groups in total. The number of unbranched alkanes of at least 4 members (excludes halogenated alkanes) is 1. The Morgan fingerprint density at radius 3 is 2.61 bits per heavy atom. The predicted octanol–water partition coefficient (Wildman–Crippen LogP) is 2.61. The van der Waals surface area contributed by atoms with Gasteiger partial charge >= 0.3 is 0 Å². The first-order valence-corrected chi connectivity index (χ1v) is 6.52. The molecule has 0 fully saturated rings. The standard InChI is InChI=1S/C14H24N2O2/c1-4-5-6-17-7-8-18-10-13-12(3)14(15)11(2)9-16-13/h9H,4-8,10H2,1-3H3,(H2,15,16). The van der Waals surface area contributed by atoms with Gasteiger partial charge in [-0.3, -0.25) is 4.98 Å². The van der Waals surface area contributed by atoms with Crippen molar-refractivity contribution < 1.29 is 9.47 Å². The van der Waals surface area contributed by atoms with Crippen molar-refractivity contribution in [2.45, 2.75) is 40.2 Å². The molecule has 1 heterocycles. The van der Waals surface area contributed by atoms with Crippen LogP contribution in [0.2, 0.25) is 0 Å². The van der Waals surface area contributed by atoms with E-state index in [0.717, 1.165) is 42.0 Å². The molecule has 4 heteroatoms. The Bertz CT molecular complexity index is 367. The van der Waals surface area contributed by atoms with Crippen LogP contribution in [-0.4, -0.2) is 24.8 Å². The van der Waals surface area contributed by atoms with E-state index >= 15 is 0 Å². The van der Waals surface area contributed by atoms with Crippen LogP contribution < -0.4 is 5.73 Å². The summed E-state index contributed by atoms with van der Waals surface area (Å²) in [6, 6.07) is 0. The Morgan fingerprint density at radius 2 is 1.89 bits per heavy atom. The molecule has 0 amide bonds. The first kappa shape index (κ1) is 14.9. The van der Waals surface area contributed by atoms with Crippen LogP contribution in [0.5, 0.6) is 0 Å². The molecular weight excluding hydrogens is 228 g/mol. The molecule has 0 radical (unpaired) electrons. The summed E-state index contributed by atoms with van der Waals surface area (Å²) in [7, 11) is 0. The largest absolute Gasteiger partial charge is 0.398 e. The Kier molecular flexibility index (Phi) is 6.68. The monoisotopic (exact) mass is 252 g/mol. The van der Waals surface area contributed by atoms with E-state index in [1.54, 1.807) is 6.20 Å². The van der Waals surface area contributed by atoms with Gasteiger partial charge in [0.15, 0.2) is 0 Å². The molecule has 0 saturated carbocycles. The van der Waals surface area contributed by atoms with Crippen LogP contribution in [0.3, 0.4) is 0 Å². The quantitative estimate of drug-likeness (QED) is 0.723. The third kappa shape index (κ3) is 4.63. The minimum absolute atomic E-state index is 0.494. The molecule has 0 bridgehead atoms. The number of hydrogen-bond donors (Lipinski definition) is 1. The molecule has 0 saturated heterocycles. The third-order valence-corrected chi connectivity index (χ3v) is 2.93. The number of rotatable bonds is 8. The van der Waals surface area contributed by atoms with Crippen molar-refractivity contribution in [3.05, 3.63) is 23.0 Å². The number of hydrogen-bond acceptors (Lipinski definition) is 4. The minimum atomic E-state index is 0.494. The van der Waals surface area contributed by atoms with E-state index < -0.39 is 0 Å². The van der Waals surface area contributed by atoms with E-state index in [2.05, 4.69) is 11.9 Å². The van der Waals surface area contributed by atoms with E-state index in [1.807, 2.05) is 13.8 Å². The van der Waals surface area contributed by atoms with Gasteiger partial charge in [0.25, 0.3) is 0 Å². The van der Waals surface area contributed by atoms with E-state index in [1.165, 1.54) is 0 Å². The van der Waals surface area contributed by atoms with Crippen molar-refractivity contribution in [1.29, 1.82) is 0 Å². The normalized spacial score (nSPS) is 10.8. The third-order valence-electron chi connectivity index (χ3n) is 2.93. The maximum Gasteiger partial charge on any atom is 0.0892 e. The second-order valence-electron chi connectivity index (χ2n) is 4.45. The van der Waals surface area contributed by atoms with Crippen LogP contribution in [0.1, 0.15) is 36.6 Å². The number of anilines is 1. The molecule has 1 aromatic heterocycles.